The summed E-state index contributed by atoms with van der Waals surface area (Å²) in [5.41, 5.74) is 0.475. The van der Waals surface area contributed by atoms with Crippen molar-refractivity contribution in [1.29, 1.82) is 0 Å². The first-order valence-electron chi connectivity index (χ1n) is 7.32. The molecule has 3 aromatic rings. The van der Waals surface area contributed by atoms with E-state index in [-0.39, 0.29) is 11.6 Å². The topological polar surface area (TPSA) is 63.4 Å². The molecule has 1 amide bonds. The van der Waals surface area contributed by atoms with E-state index in [1.54, 1.807) is 27.6 Å². The van der Waals surface area contributed by atoms with Crippen molar-refractivity contribution >= 4 is 56.9 Å². The van der Waals surface area contributed by atoms with E-state index in [0.717, 1.165) is 9.75 Å². The van der Waals surface area contributed by atoms with Crippen LogP contribution in [0.1, 0.15) is 20.1 Å². The molecule has 5 nitrogen and oxygen atoms in total. The second-order valence-corrected chi connectivity index (χ2v) is 8.47. The first-order chi connectivity index (χ1) is 12.0. The first-order valence-corrected chi connectivity index (χ1v) is 10.2. The minimum absolute atomic E-state index is 0.0102. The summed E-state index contributed by atoms with van der Waals surface area (Å²) in [6.45, 7) is 1.03. The van der Waals surface area contributed by atoms with Crippen LogP contribution in [-0.2, 0) is 13.1 Å². The standard InChI is InChI=1S/C17H13IN2O3S2/c18-16-9-12(20(22)23)5-6-15(16)17(21)19(10-13-3-1-7-24-13)11-14-4-2-8-25-14/h1-9H,10-11H2. The molecule has 0 fully saturated rings. The molecule has 2 aromatic heterocycles. The summed E-state index contributed by atoms with van der Waals surface area (Å²) in [6, 6.07) is 12.3. The zero-order valence-electron chi connectivity index (χ0n) is 12.9. The van der Waals surface area contributed by atoms with Gasteiger partial charge in [0.05, 0.1) is 23.6 Å². The Hall–Kier alpha value is -1.78. The molecule has 0 saturated heterocycles. The number of rotatable bonds is 6. The summed E-state index contributed by atoms with van der Waals surface area (Å²) in [5.74, 6) is -0.124. The minimum Gasteiger partial charge on any atom is -0.328 e. The molecule has 3 rings (SSSR count). The third kappa shape index (κ3) is 4.44. The van der Waals surface area contributed by atoms with Crippen molar-refractivity contribution in [2.24, 2.45) is 0 Å². The Morgan fingerprint density at radius 3 is 2.12 bits per heavy atom. The maximum absolute atomic E-state index is 13.1. The van der Waals surface area contributed by atoms with E-state index in [0.29, 0.717) is 22.2 Å². The molecule has 8 heteroatoms. The molecule has 0 aliphatic carbocycles. The Morgan fingerprint density at radius 1 is 1.08 bits per heavy atom. The number of carbonyl (C=O) groups excluding carboxylic acids is 1. The largest absolute Gasteiger partial charge is 0.328 e. The fourth-order valence-electron chi connectivity index (χ4n) is 2.34. The van der Waals surface area contributed by atoms with Gasteiger partial charge in [-0.25, -0.2) is 0 Å². The summed E-state index contributed by atoms with van der Waals surface area (Å²) in [6.07, 6.45) is 0. The van der Waals surface area contributed by atoms with Crippen LogP contribution < -0.4 is 0 Å². The van der Waals surface area contributed by atoms with Crippen LogP contribution in [0.5, 0.6) is 0 Å². The molecule has 0 N–H and O–H groups in total. The van der Waals surface area contributed by atoms with Gasteiger partial charge >= 0.3 is 0 Å². The number of nitro benzene ring substituents is 1. The molecule has 0 atom stereocenters. The van der Waals surface area contributed by atoms with E-state index in [1.807, 2.05) is 57.6 Å². The molecule has 0 spiro atoms. The van der Waals surface area contributed by atoms with Crippen LogP contribution in [0.15, 0.2) is 53.2 Å². The van der Waals surface area contributed by atoms with Crippen LogP contribution in [0.25, 0.3) is 0 Å². The number of nitrogens with zero attached hydrogens (tertiary/aromatic N) is 2. The van der Waals surface area contributed by atoms with Crippen molar-refractivity contribution in [2.75, 3.05) is 0 Å². The molecular weight excluding hydrogens is 471 g/mol. The lowest BCUT2D eigenvalue weighted by atomic mass is 10.1. The Bertz CT molecular complexity index is 843. The highest BCUT2D eigenvalue weighted by Crippen LogP contribution is 2.24. The number of amides is 1. The van der Waals surface area contributed by atoms with E-state index >= 15 is 0 Å². The predicted octanol–water partition coefficient (Wildman–Crippen LogP) is 5.17. The summed E-state index contributed by atoms with van der Waals surface area (Å²) in [4.78, 5) is 27.5. The molecule has 128 valence electrons. The highest BCUT2D eigenvalue weighted by molar-refractivity contribution is 14.1. The highest BCUT2D eigenvalue weighted by atomic mass is 127. The number of hydrogen-bond acceptors (Lipinski definition) is 5. The van der Waals surface area contributed by atoms with Gasteiger partial charge in [-0.15, -0.1) is 22.7 Å². The van der Waals surface area contributed by atoms with E-state index in [9.17, 15) is 14.9 Å². The number of nitro groups is 1. The molecule has 25 heavy (non-hydrogen) atoms. The molecule has 1 aromatic carbocycles. The SMILES string of the molecule is O=C(c1ccc([N+](=O)[O-])cc1I)N(Cc1cccs1)Cc1cccs1. The second-order valence-electron chi connectivity index (χ2n) is 5.24. The predicted molar refractivity (Wildman–Crippen MR) is 108 cm³/mol. The van der Waals surface area contributed by atoms with Crippen molar-refractivity contribution in [3.05, 3.63) is 82.2 Å². The summed E-state index contributed by atoms with van der Waals surface area (Å²) < 4.78 is 0.583. The lowest BCUT2D eigenvalue weighted by Gasteiger charge is -2.22. The van der Waals surface area contributed by atoms with Gasteiger partial charge in [0.2, 0.25) is 0 Å². The first kappa shape index (κ1) is 18.0. The summed E-state index contributed by atoms with van der Waals surface area (Å²) in [7, 11) is 0. The number of hydrogen-bond donors (Lipinski definition) is 0. The monoisotopic (exact) mass is 484 g/mol. The Balaban J connectivity index is 1.89. The minimum atomic E-state index is -0.453. The lowest BCUT2D eigenvalue weighted by Crippen LogP contribution is -2.30. The fraction of sp³-hybridized carbons (Fsp3) is 0.118. The van der Waals surface area contributed by atoms with E-state index < -0.39 is 4.92 Å². The van der Waals surface area contributed by atoms with Crippen molar-refractivity contribution in [3.63, 3.8) is 0 Å². The zero-order chi connectivity index (χ0) is 17.8. The maximum Gasteiger partial charge on any atom is 0.270 e. The highest BCUT2D eigenvalue weighted by Gasteiger charge is 2.21. The van der Waals surface area contributed by atoms with Crippen LogP contribution in [0.4, 0.5) is 5.69 Å². The summed E-state index contributed by atoms with van der Waals surface area (Å²) in [5, 5.41) is 14.9. The quantitative estimate of drug-likeness (QED) is 0.276. The Labute approximate surface area is 166 Å². The average Bonchev–Trinajstić information content (AvgIpc) is 3.27. The molecule has 0 radical (unpaired) electrons. The second kappa shape index (κ2) is 8.07. The van der Waals surface area contributed by atoms with Gasteiger partial charge in [-0.1, -0.05) is 12.1 Å². The number of halogens is 1. The van der Waals surface area contributed by atoms with Gasteiger partial charge in [-0.3, -0.25) is 14.9 Å². The van der Waals surface area contributed by atoms with Crippen LogP contribution in [0.3, 0.4) is 0 Å². The molecule has 2 heterocycles. The fourth-order valence-corrected chi connectivity index (χ4v) is 4.51. The van der Waals surface area contributed by atoms with Gasteiger partial charge < -0.3 is 4.90 Å². The lowest BCUT2D eigenvalue weighted by molar-refractivity contribution is -0.384. The Kier molecular flexibility index (Phi) is 5.82. The van der Waals surface area contributed by atoms with Crippen LogP contribution in [0.2, 0.25) is 0 Å². The third-order valence-corrected chi connectivity index (χ3v) is 6.15. The van der Waals surface area contributed by atoms with Gasteiger partial charge in [-0.2, -0.15) is 0 Å². The smallest absolute Gasteiger partial charge is 0.270 e. The third-order valence-electron chi connectivity index (χ3n) is 3.53. The summed E-state index contributed by atoms with van der Waals surface area (Å²) >= 11 is 5.19. The van der Waals surface area contributed by atoms with Crippen molar-refractivity contribution in [3.8, 4) is 0 Å². The van der Waals surface area contributed by atoms with Gasteiger partial charge in [0.25, 0.3) is 11.6 Å². The van der Waals surface area contributed by atoms with Gasteiger partial charge in [0.1, 0.15) is 0 Å². The van der Waals surface area contributed by atoms with Gasteiger partial charge in [-0.05, 0) is 51.6 Å². The van der Waals surface area contributed by atoms with Gasteiger partial charge in [0.15, 0.2) is 0 Å². The van der Waals surface area contributed by atoms with E-state index in [1.165, 1.54) is 18.2 Å². The van der Waals surface area contributed by atoms with E-state index in [4.69, 9.17) is 0 Å². The molecular formula is C17H13IN2O3S2. The maximum atomic E-state index is 13.1. The molecule has 0 bridgehead atoms. The number of carbonyl (C=O) groups is 1. The van der Waals surface area contributed by atoms with Crippen LogP contribution in [-0.4, -0.2) is 15.7 Å². The molecule has 0 unspecified atom stereocenters. The van der Waals surface area contributed by atoms with Crippen LogP contribution >= 0.6 is 45.3 Å². The number of benzene rings is 1. The molecule has 0 aliphatic rings. The van der Waals surface area contributed by atoms with Crippen molar-refractivity contribution < 1.29 is 9.72 Å². The average molecular weight is 484 g/mol. The van der Waals surface area contributed by atoms with E-state index in [2.05, 4.69) is 0 Å². The Morgan fingerprint density at radius 2 is 1.68 bits per heavy atom. The molecule has 0 aliphatic heterocycles. The van der Waals surface area contributed by atoms with Crippen molar-refractivity contribution in [1.82, 2.24) is 4.90 Å². The van der Waals surface area contributed by atoms with Crippen molar-refractivity contribution in [2.45, 2.75) is 13.1 Å². The normalized spacial score (nSPS) is 10.6. The molecule has 0 saturated carbocycles. The van der Waals surface area contributed by atoms with Crippen LogP contribution in [0, 0.1) is 13.7 Å². The number of non-ortho nitro benzene ring substituents is 1. The van der Waals surface area contributed by atoms with Gasteiger partial charge in [0, 0.05) is 25.5 Å². The number of thiophene rings is 2. The zero-order valence-corrected chi connectivity index (χ0v) is 16.7.